The molecule has 0 N–H and O–H groups in total. The first-order chi connectivity index (χ1) is 6.84. The number of hydrogen-bond acceptors (Lipinski definition) is 2. The van der Waals surface area contributed by atoms with Gasteiger partial charge in [0.15, 0.2) is 5.78 Å². The van der Waals surface area contributed by atoms with Crippen molar-refractivity contribution < 1.29 is 9.59 Å². The van der Waals surface area contributed by atoms with Crippen molar-refractivity contribution in [1.82, 2.24) is 0 Å². The van der Waals surface area contributed by atoms with Crippen LogP contribution in [-0.2, 0) is 0 Å². The number of halogens is 1. The standard InChI is InChI=1S/C12H13ClO2/c1-12(2,3)10(14)8-6-4-5-7-9(8)11(13)15/h4-7H,1-3H3. The highest BCUT2D eigenvalue weighted by Gasteiger charge is 2.26. The van der Waals surface area contributed by atoms with Crippen molar-refractivity contribution in [2.45, 2.75) is 20.8 Å². The van der Waals surface area contributed by atoms with Crippen LogP contribution >= 0.6 is 11.6 Å². The number of rotatable bonds is 2. The first kappa shape index (κ1) is 11.9. The van der Waals surface area contributed by atoms with E-state index in [0.717, 1.165) is 0 Å². The van der Waals surface area contributed by atoms with Gasteiger partial charge in [0.1, 0.15) is 0 Å². The number of hydrogen-bond donors (Lipinski definition) is 0. The van der Waals surface area contributed by atoms with Gasteiger partial charge >= 0.3 is 0 Å². The molecule has 0 saturated carbocycles. The summed E-state index contributed by atoms with van der Waals surface area (Å²) < 4.78 is 0. The number of carbonyl (C=O) groups excluding carboxylic acids is 2. The lowest BCUT2D eigenvalue weighted by molar-refractivity contribution is 0.0854. The first-order valence-electron chi connectivity index (χ1n) is 4.67. The van der Waals surface area contributed by atoms with Gasteiger partial charge in [-0.05, 0) is 17.7 Å². The molecule has 0 fully saturated rings. The molecule has 1 aromatic carbocycles. The highest BCUT2D eigenvalue weighted by Crippen LogP contribution is 2.23. The van der Waals surface area contributed by atoms with E-state index < -0.39 is 10.7 Å². The third-order valence-corrected chi connectivity index (χ3v) is 2.27. The van der Waals surface area contributed by atoms with E-state index >= 15 is 0 Å². The van der Waals surface area contributed by atoms with Crippen molar-refractivity contribution in [2.24, 2.45) is 5.41 Å². The average molecular weight is 225 g/mol. The Hall–Kier alpha value is -1.15. The molecule has 0 amide bonds. The van der Waals surface area contributed by atoms with Crippen molar-refractivity contribution in [1.29, 1.82) is 0 Å². The van der Waals surface area contributed by atoms with E-state index in [4.69, 9.17) is 11.6 Å². The lowest BCUT2D eigenvalue weighted by Crippen LogP contribution is -2.22. The Kier molecular flexibility index (Phi) is 3.30. The zero-order chi connectivity index (χ0) is 11.6. The van der Waals surface area contributed by atoms with Crippen molar-refractivity contribution in [3.8, 4) is 0 Å². The molecule has 0 aliphatic heterocycles. The van der Waals surface area contributed by atoms with Gasteiger partial charge in [-0.3, -0.25) is 9.59 Å². The van der Waals surface area contributed by atoms with E-state index in [1.807, 2.05) is 20.8 Å². The summed E-state index contributed by atoms with van der Waals surface area (Å²) in [6.45, 7) is 5.43. The maximum Gasteiger partial charge on any atom is 0.253 e. The summed E-state index contributed by atoms with van der Waals surface area (Å²) in [6.07, 6.45) is 0. The molecular formula is C12H13ClO2. The summed E-state index contributed by atoms with van der Waals surface area (Å²) >= 11 is 5.41. The van der Waals surface area contributed by atoms with Gasteiger partial charge < -0.3 is 0 Å². The van der Waals surface area contributed by atoms with Crippen LogP contribution in [-0.4, -0.2) is 11.0 Å². The van der Waals surface area contributed by atoms with E-state index in [0.29, 0.717) is 5.56 Å². The summed E-state index contributed by atoms with van der Waals surface area (Å²) in [6, 6.07) is 6.61. The molecule has 0 radical (unpaired) electrons. The summed E-state index contributed by atoms with van der Waals surface area (Å²) in [5, 5.41) is -0.594. The zero-order valence-corrected chi connectivity index (χ0v) is 9.76. The smallest absolute Gasteiger partial charge is 0.253 e. The van der Waals surface area contributed by atoms with Crippen LogP contribution in [0.25, 0.3) is 0 Å². The molecule has 80 valence electrons. The fourth-order valence-electron chi connectivity index (χ4n) is 1.26. The molecule has 2 nitrogen and oxygen atoms in total. The van der Waals surface area contributed by atoms with Gasteiger partial charge in [0.25, 0.3) is 5.24 Å². The van der Waals surface area contributed by atoms with Crippen LogP contribution in [0.15, 0.2) is 24.3 Å². The lowest BCUT2D eigenvalue weighted by atomic mass is 9.85. The number of benzene rings is 1. The number of carbonyl (C=O) groups is 2. The topological polar surface area (TPSA) is 34.1 Å². The maximum atomic E-state index is 12.0. The fourth-order valence-corrected chi connectivity index (χ4v) is 1.42. The largest absolute Gasteiger partial charge is 0.294 e. The summed E-state index contributed by atoms with van der Waals surface area (Å²) in [5.74, 6) is -0.0768. The van der Waals surface area contributed by atoms with E-state index in [1.54, 1.807) is 24.3 Å². The van der Waals surface area contributed by atoms with Crippen LogP contribution in [0.5, 0.6) is 0 Å². The normalized spacial score (nSPS) is 11.2. The van der Waals surface area contributed by atoms with Gasteiger partial charge in [-0.2, -0.15) is 0 Å². The minimum absolute atomic E-state index is 0.0768. The van der Waals surface area contributed by atoms with E-state index in [9.17, 15) is 9.59 Å². The van der Waals surface area contributed by atoms with Gasteiger partial charge in [-0.25, -0.2) is 0 Å². The van der Waals surface area contributed by atoms with E-state index in [2.05, 4.69) is 0 Å². The number of Topliss-reactive ketones (excluding diaryl/α,β-unsaturated/α-hetero) is 1. The van der Waals surface area contributed by atoms with Gasteiger partial charge in [0.05, 0.1) is 0 Å². The molecule has 0 unspecified atom stereocenters. The molecule has 0 saturated heterocycles. The molecule has 0 aliphatic carbocycles. The Bertz CT molecular complexity index is 402. The van der Waals surface area contributed by atoms with Gasteiger partial charge in [0.2, 0.25) is 0 Å². The summed E-state index contributed by atoms with van der Waals surface area (Å²) in [4.78, 5) is 23.1. The van der Waals surface area contributed by atoms with Crippen LogP contribution in [0.4, 0.5) is 0 Å². The Balaban J connectivity index is 3.26. The molecule has 3 heteroatoms. The molecule has 0 atom stereocenters. The monoisotopic (exact) mass is 224 g/mol. The highest BCUT2D eigenvalue weighted by atomic mass is 35.5. The quantitative estimate of drug-likeness (QED) is 0.571. The second-order valence-corrected chi connectivity index (χ2v) is 4.74. The van der Waals surface area contributed by atoms with Crippen LogP contribution in [0, 0.1) is 5.41 Å². The van der Waals surface area contributed by atoms with Crippen LogP contribution in [0.1, 0.15) is 41.5 Å². The van der Waals surface area contributed by atoms with Crippen molar-refractivity contribution in [3.63, 3.8) is 0 Å². The van der Waals surface area contributed by atoms with Gasteiger partial charge in [0, 0.05) is 16.5 Å². The third kappa shape index (κ3) is 2.66. The Morgan fingerprint density at radius 2 is 1.53 bits per heavy atom. The molecule has 1 aromatic rings. The number of ketones is 1. The highest BCUT2D eigenvalue weighted by molar-refractivity contribution is 6.68. The van der Waals surface area contributed by atoms with Crippen molar-refractivity contribution in [2.75, 3.05) is 0 Å². The second-order valence-electron chi connectivity index (χ2n) is 4.40. The molecule has 0 bridgehead atoms. The summed E-state index contributed by atoms with van der Waals surface area (Å²) in [5.41, 5.74) is 0.159. The van der Waals surface area contributed by atoms with Crippen LogP contribution in [0.3, 0.4) is 0 Å². The zero-order valence-electron chi connectivity index (χ0n) is 9.00. The van der Waals surface area contributed by atoms with Crippen molar-refractivity contribution >= 4 is 22.6 Å². The SMILES string of the molecule is CC(C)(C)C(=O)c1ccccc1C(=O)Cl. The molecular weight excluding hydrogens is 212 g/mol. The summed E-state index contributed by atoms with van der Waals surface area (Å²) in [7, 11) is 0. The average Bonchev–Trinajstić information content (AvgIpc) is 2.15. The lowest BCUT2D eigenvalue weighted by Gasteiger charge is -2.17. The first-order valence-corrected chi connectivity index (χ1v) is 5.05. The fraction of sp³-hybridized carbons (Fsp3) is 0.333. The van der Waals surface area contributed by atoms with Gasteiger partial charge in [-0.15, -0.1) is 0 Å². The minimum atomic E-state index is -0.594. The Morgan fingerprint density at radius 1 is 1.07 bits per heavy atom. The van der Waals surface area contributed by atoms with Crippen molar-refractivity contribution in [3.05, 3.63) is 35.4 Å². The molecule has 0 heterocycles. The predicted octanol–water partition coefficient (Wildman–Crippen LogP) is 3.29. The van der Waals surface area contributed by atoms with Crippen LogP contribution < -0.4 is 0 Å². The second kappa shape index (κ2) is 4.15. The van der Waals surface area contributed by atoms with E-state index in [1.165, 1.54) is 0 Å². The van der Waals surface area contributed by atoms with Crippen LogP contribution in [0.2, 0.25) is 0 Å². The molecule has 0 spiro atoms. The molecule has 15 heavy (non-hydrogen) atoms. The Morgan fingerprint density at radius 3 is 1.93 bits per heavy atom. The maximum absolute atomic E-state index is 12.0. The van der Waals surface area contributed by atoms with Gasteiger partial charge in [-0.1, -0.05) is 39.0 Å². The molecule has 0 aromatic heterocycles. The van der Waals surface area contributed by atoms with E-state index in [-0.39, 0.29) is 11.3 Å². The molecule has 0 aliphatic rings. The molecule has 1 rings (SSSR count). The predicted molar refractivity (Wildman–Crippen MR) is 60.4 cm³/mol. The minimum Gasteiger partial charge on any atom is -0.294 e. The third-order valence-electron chi connectivity index (χ3n) is 2.06. The Labute approximate surface area is 94.2 Å².